The summed E-state index contributed by atoms with van der Waals surface area (Å²) in [5.41, 5.74) is 3.18. The summed E-state index contributed by atoms with van der Waals surface area (Å²) in [5.74, 6) is 0.595. The first-order valence-corrected chi connectivity index (χ1v) is 9.53. The van der Waals surface area contributed by atoms with E-state index in [1.807, 2.05) is 0 Å². The molecule has 138 valence electrons. The molecule has 6 heteroatoms. The number of hydrogen-bond acceptors (Lipinski definition) is 5. The van der Waals surface area contributed by atoms with Gasteiger partial charge in [0.15, 0.2) is 11.5 Å². The topological polar surface area (TPSA) is 61.6 Å². The molecule has 0 spiro atoms. The number of carbonyl (C=O) groups is 1. The van der Waals surface area contributed by atoms with Crippen LogP contribution in [0.4, 0.5) is 0 Å². The van der Waals surface area contributed by atoms with Crippen molar-refractivity contribution in [3.8, 4) is 0 Å². The molecule has 2 aliphatic rings. The van der Waals surface area contributed by atoms with Crippen LogP contribution in [0.25, 0.3) is 0 Å². The van der Waals surface area contributed by atoms with E-state index >= 15 is 0 Å². The first-order valence-electron chi connectivity index (χ1n) is 9.53. The Bertz CT molecular complexity index is 752. The van der Waals surface area contributed by atoms with E-state index in [2.05, 4.69) is 44.5 Å². The van der Waals surface area contributed by atoms with Gasteiger partial charge in [-0.05, 0) is 43.5 Å². The second-order valence-electron chi connectivity index (χ2n) is 7.21. The maximum atomic E-state index is 12.2. The van der Waals surface area contributed by atoms with Crippen molar-refractivity contribution in [1.82, 2.24) is 20.3 Å². The number of nitrogens with zero attached hydrogens (tertiary/aromatic N) is 3. The fourth-order valence-electron chi connectivity index (χ4n) is 3.83. The minimum absolute atomic E-state index is 0.150. The van der Waals surface area contributed by atoms with E-state index in [9.17, 15) is 4.79 Å². The number of likely N-dealkylation sites (tertiary alicyclic amines) is 1. The molecule has 0 atom stereocenters. The molecule has 1 aromatic heterocycles. The summed E-state index contributed by atoms with van der Waals surface area (Å²) in [4.78, 5) is 16.9. The minimum atomic E-state index is -0.150. The monoisotopic (exact) mass is 354 g/mol. The van der Waals surface area contributed by atoms with Crippen LogP contribution in [-0.4, -0.2) is 53.6 Å². The first-order chi connectivity index (χ1) is 12.8. The van der Waals surface area contributed by atoms with Gasteiger partial charge in [-0.1, -0.05) is 29.4 Å². The average Bonchev–Trinajstić information content (AvgIpc) is 3.34. The van der Waals surface area contributed by atoms with Gasteiger partial charge in [0.05, 0.1) is 6.54 Å². The van der Waals surface area contributed by atoms with Crippen molar-refractivity contribution in [1.29, 1.82) is 0 Å². The summed E-state index contributed by atoms with van der Waals surface area (Å²) >= 11 is 0. The van der Waals surface area contributed by atoms with Crippen LogP contribution in [0.3, 0.4) is 0 Å². The Morgan fingerprint density at radius 2 is 1.92 bits per heavy atom. The molecule has 0 unspecified atom stereocenters. The lowest BCUT2D eigenvalue weighted by atomic mass is 10.00. The van der Waals surface area contributed by atoms with Gasteiger partial charge in [-0.2, -0.15) is 0 Å². The highest BCUT2D eigenvalue weighted by molar-refractivity contribution is 5.92. The van der Waals surface area contributed by atoms with E-state index in [1.165, 1.54) is 24.0 Å². The summed E-state index contributed by atoms with van der Waals surface area (Å²) < 4.78 is 5.39. The molecule has 0 radical (unpaired) electrons. The van der Waals surface area contributed by atoms with Gasteiger partial charge in [0.1, 0.15) is 0 Å². The molecule has 1 amide bonds. The summed E-state index contributed by atoms with van der Waals surface area (Å²) in [6.07, 6.45) is 3.58. The minimum Gasteiger partial charge on any atom is -0.359 e. The SMILES string of the molecule is O=C(NCCN1CCCC1)c1cc(CN2CCc3ccccc3C2)on1. The number of carbonyl (C=O) groups excluding carboxylic acids is 1. The van der Waals surface area contributed by atoms with Crippen molar-refractivity contribution in [3.05, 3.63) is 52.9 Å². The lowest BCUT2D eigenvalue weighted by molar-refractivity contribution is 0.0940. The summed E-state index contributed by atoms with van der Waals surface area (Å²) in [5, 5.41) is 6.89. The number of benzene rings is 1. The number of aromatic nitrogens is 1. The van der Waals surface area contributed by atoms with Crippen molar-refractivity contribution in [3.63, 3.8) is 0 Å². The smallest absolute Gasteiger partial charge is 0.273 e. The zero-order valence-electron chi connectivity index (χ0n) is 15.1. The molecule has 1 N–H and O–H groups in total. The number of hydrogen-bond donors (Lipinski definition) is 1. The van der Waals surface area contributed by atoms with Crippen LogP contribution >= 0.6 is 0 Å². The lowest BCUT2D eigenvalue weighted by Crippen LogP contribution is -2.33. The van der Waals surface area contributed by atoms with Crippen LogP contribution in [0.2, 0.25) is 0 Å². The predicted molar refractivity (Wildman–Crippen MR) is 98.8 cm³/mol. The molecule has 0 bridgehead atoms. The number of rotatable bonds is 6. The van der Waals surface area contributed by atoms with Crippen molar-refractivity contribution in [2.24, 2.45) is 0 Å². The number of nitrogens with one attached hydrogen (secondary N) is 1. The van der Waals surface area contributed by atoms with Crippen LogP contribution in [0.1, 0.15) is 40.2 Å². The standard InChI is InChI=1S/C20H26N4O2/c25-20(21-8-12-23-9-3-4-10-23)19-13-18(26-22-19)15-24-11-7-16-5-1-2-6-17(16)14-24/h1-2,5-6,13H,3-4,7-12,14-15H2,(H,21,25). The highest BCUT2D eigenvalue weighted by atomic mass is 16.5. The van der Waals surface area contributed by atoms with E-state index in [0.29, 0.717) is 18.8 Å². The van der Waals surface area contributed by atoms with Crippen molar-refractivity contribution in [2.75, 3.05) is 32.7 Å². The van der Waals surface area contributed by atoms with Crippen molar-refractivity contribution < 1.29 is 9.32 Å². The Morgan fingerprint density at radius 1 is 1.12 bits per heavy atom. The van der Waals surface area contributed by atoms with Gasteiger partial charge in [-0.15, -0.1) is 0 Å². The van der Waals surface area contributed by atoms with E-state index < -0.39 is 0 Å². The Labute approximate surface area is 154 Å². The molecule has 3 heterocycles. The Morgan fingerprint density at radius 3 is 2.77 bits per heavy atom. The molecule has 6 nitrogen and oxygen atoms in total. The van der Waals surface area contributed by atoms with Crippen LogP contribution < -0.4 is 5.32 Å². The molecule has 0 saturated carbocycles. The van der Waals surface area contributed by atoms with Gasteiger partial charge in [0.2, 0.25) is 0 Å². The number of amides is 1. The van der Waals surface area contributed by atoms with E-state index in [4.69, 9.17) is 4.52 Å². The normalized spacial score (nSPS) is 18.0. The highest BCUT2D eigenvalue weighted by Gasteiger charge is 2.19. The van der Waals surface area contributed by atoms with Gasteiger partial charge in [0, 0.05) is 32.2 Å². The molecule has 2 aromatic rings. The summed E-state index contributed by atoms with van der Waals surface area (Å²) in [6, 6.07) is 10.3. The molecule has 2 aliphatic heterocycles. The predicted octanol–water partition coefficient (Wildman–Crippen LogP) is 2.06. The van der Waals surface area contributed by atoms with Crippen LogP contribution in [-0.2, 0) is 19.5 Å². The van der Waals surface area contributed by atoms with Crippen LogP contribution in [0.5, 0.6) is 0 Å². The van der Waals surface area contributed by atoms with Gasteiger partial charge < -0.3 is 14.7 Å². The molecular formula is C20H26N4O2. The molecule has 0 aliphatic carbocycles. The quantitative estimate of drug-likeness (QED) is 0.860. The van der Waals surface area contributed by atoms with Gasteiger partial charge in [-0.25, -0.2) is 0 Å². The maximum Gasteiger partial charge on any atom is 0.273 e. The second-order valence-corrected chi connectivity index (χ2v) is 7.21. The van der Waals surface area contributed by atoms with Crippen LogP contribution in [0, 0.1) is 0 Å². The number of fused-ring (bicyclic) bond motifs is 1. The average molecular weight is 354 g/mol. The third-order valence-electron chi connectivity index (χ3n) is 5.29. The largest absolute Gasteiger partial charge is 0.359 e. The fraction of sp³-hybridized carbons (Fsp3) is 0.500. The molecule has 1 aromatic carbocycles. The molecule has 26 heavy (non-hydrogen) atoms. The Hall–Kier alpha value is -2.18. The molecule has 1 fully saturated rings. The molecule has 1 saturated heterocycles. The van der Waals surface area contributed by atoms with Crippen LogP contribution in [0.15, 0.2) is 34.9 Å². The summed E-state index contributed by atoms with van der Waals surface area (Å²) in [6.45, 7) is 6.44. The van der Waals surface area contributed by atoms with E-state index in [1.54, 1.807) is 6.07 Å². The Kier molecular flexibility index (Phi) is 5.32. The third kappa shape index (κ3) is 4.14. The van der Waals surface area contributed by atoms with Gasteiger partial charge >= 0.3 is 0 Å². The lowest BCUT2D eigenvalue weighted by Gasteiger charge is -2.27. The van der Waals surface area contributed by atoms with Gasteiger partial charge in [0.25, 0.3) is 5.91 Å². The molecule has 4 rings (SSSR count). The fourth-order valence-corrected chi connectivity index (χ4v) is 3.83. The zero-order valence-corrected chi connectivity index (χ0v) is 15.1. The summed E-state index contributed by atoms with van der Waals surface area (Å²) in [7, 11) is 0. The van der Waals surface area contributed by atoms with E-state index in [0.717, 1.165) is 44.9 Å². The first kappa shape index (κ1) is 17.2. The Balaban J connectivity index is 1.27. The second kappa shape index (κ2) is 8.01. The van der Waals surface area contributed by atoms with Crippen molar-refractivity contribution >= 4 is 5.91 Å². The highest BCUT2D eigenvalue weighted by Crippen LogP contribution is 2.20. The van der Waals surface area contributed by atoms with E-state index in [-0.39, 0.29) is 5.91 Å². The van der Waals surface area contributed by atoms with Gasteiger partial charge in [-0.3, -0.25) is 9.69 Å². The maximum absolute atomic E-state index is 12.2. The molecular weight excluding hydrogens is 328 g/mol. The third-order valence-corrected chi connectivity index (χ3v) is 5.29. The zero-order chi connectivity index (χ0) is 17.8. The van der Waals surface area contributed by atoms with Crippen molar-refractivity contribution in [2.45, 2.75) is 32.4 Å².